The summed E-state index contributed by atoms with van der Waals surface area (Å²) in [4.78, 5) is 48.5. The molecule has 0 aromatic carbocycles. The summed E-state index contributed by atoms with van der Waals surface area (Å²) in [6, 6.07) is 0. The minimum Gasteiger partial charge on any atom is -0.462 e. The van der Waals surface area contributed by atoms with Gasteiger partial charge in [-0.1, -0.05) is 102 Å². The van der Waals surface area contributed by atoms with Crippen LogP contribution in [0.15, 0.2) is 36.5 Å². The molecule has 1 aliphatic rings. The second-order valence-electron chi connectivity index (χ2n) is 17.4. The van der Waals surface area contributed by atoms with Crippen LogP contribution in [0.2, 0.25) is 0 Å². The number of hydrogen-bond donors (Lipinski definition) is 4. The number of ketones is 1. The van der Waals surface area contributed by atoms with Gasteiger partial charge in [0.1, 0.15) is 25.5 Å². The second kappa shape index (κ2) is 33.4. The number of phosphoric ester groups is 1. The number of rotatable bonds is 37. The number of allylic oxidation sites excluding steroid dienone is 4. The second-order valence-corrected chi connectivity index (χ2v) is 18.9. The highest BCUT2D eigenvalue weighted by Gasteiger charge is 2.41. The molecule has 7 atom stereocenters. The van der Waals surface area contributed by atoms with Crippen molar-refractivity contribution in [3.63, 3.8) is 0 Å². The van der Waals surface area contributed by atoms with E-state index in [0.29, 0.717) is 36.7 Å². The predicted octanol–water partition coefficient (Wildman–Crippen LogP) is 8.47. The standard InChI is InChI=1S/C46H82NO12P/c1-6-8-10-11-12-13-14-15-16-17-18-19-20-21-23-28-45(52)56-36-40(37-58-60(54,55)57-33-32-47(3,4)5)59-46(53)29-25-24-27-39(49)34-42-41(43(50)35-44(42)51)31-30-38(48)26-22-9-7-2/h12-13,15-16,30-31,38,40-44,48,50-51H,6-11,14,17-29,32-37H2,1-5H3/p+1/b13-12-,16-15-,31-30+/t38-,40+,41+,42+,43+,44-/m0/s1. The number of carbonyl (C=O) groups excluding carboxylic acids is 3. The Kier molecular flexibility index (Phi) is 31.0. The Hall–Kier alpha value is -2.22. The summed E-state index contributed by atoms with van der Waals surface area (Å²) < 4.78 is 34.1. The zero-order valence-corrected chi connectivity index (χ0v) is 38.7. The number of unbranched alkanes of at least 4 members (excludes halogenated alkanes) is 11. The van der Waals surface area contributed by atoms with E-state index >= 15 is 0 Å². The average molecular weight is 873 g/mol. The molecule has 348 valence electrons. The molecule has 0 radical (unpaired) electrons. The number of aliphatic hydroxyl groups is 3. The summed E-state index contributed by atoms with van der Waals surface area (Å²) in [5, 5.41) is 31.4. The Balaban J connectivity index is 2.54. The van der Waals surface area contributed by atoms with Crippen molar-refractivity contribution in [2.45, 2.75) is 180 Å². The molecule has 0 bridgehead atoms. The van der Waals surface area contributed by atoms with Gasteiger partial charge in [0, 0.05) is 43.9 Å². The number of hydrogen-bond acceptors (Lipinski definition) is 11. The molecule has 1 fully saturated rings. The summed E-state index contributed by atoms with van der Waals surface area (Å²) in [5.74, 6) is -2.11. The van der Waals surface area contributed by atoms with E-state index < -0.39 is 62.6 Å². The van der Waals surface area contributed by atoms with Crippen LogP contribution in [-0.2, 0) is 37.5 Å². The fourth-order valence-corrected chi connectivity index (χ4v) is 7.66. The number of Topliss-reactive ketones (excluding diaryl/α,β-unsaturated/α-hetero) is 1. The van der Waals surface area contributed by atoms with E-state index in [2.05, 4.69) is 38.2 Å². The first-order valence-electron chi connectivity index (χ1n) is 22.9. The largest absolute Gasteiger partial charge is 0.472 e. The first kappa shape index (κ1) is 55.8. The summed E-state index contributed by atoms with van der Waals surface area (Å²) in [6.45, 7) is 3.82. The highest BCUT2D eigenvalue weighted by molar-refractivity contribution is 7.47. The molecule has 1 aliphatic carbocycles. The number of esters is 2. The number of quaternary nitrogens is 1. The number of carbonyl (C=O) groups is 3. The molecule has 0 aromatic rings. The zero-order valence-electron chi connectivity index (χ0n) is 37.8. The molecule has 14 heteroatoms. The third kappa shape index (κ3) is 29.9. The maximum atomic E-state index is 12.9. The minimum atomic E-state index is -4.48. The Bertz CT molecular complexity index is 1300. The van der Waals surface area contributed by atoms with Gasteiger partial charge in [-0.2, -0.15) is 0 Å². The molecule has 1 saturated carbocycles. The fraction of sp³-hybridized carbons (Fsp3) is 0.804. The third-order valence-electron chi connectivity index (χ3n) is 10.6. The lowest BCUT2D eigenvalue weighted by Crippen LogP contribution is -2.37. The maximum Gasteiger partial charge on any atom is 0.472 e. The Morgan fingerprint density at radius 3 is 2.03 bits per heavy atom. The van der Waals surface area contributed by atoms with Gasteiger partial charge in [0.15, 0.2) is 6.10 Å². The van der Waals surface area contributed by atoms with E-state index in [9.17, 15) is 39.2 Å². The highest BCUT2D eigenvalue weighted by Crippen LogP contribution is 2.43. The van der Waals surface area contributed by atoms with E-state index in [-0.39, 0.29) is 51.1 Å². The van der Waals surface area contributed by atoms with Gasteiger partial charge in [-0.05, 0) is 57.8 Å². The predicted molar refractivity (Wildman–Crippen MR) is 236 cm³/mol. The molecule has 60 heavy (non-hydrogen) atoms. The average Bonchev–Trinajstić information content (AvgIpc) is 3.44. The summed E-state index contributed by atoms with van der Waals surface area (Å²) >= 11 is 0. The highest BCUT2D eigenvalue weighted by atomic mass is 31.2. The van der Waals surface area contributed by atoms with Crippen LogP contribution in [0.1, 0.15) is 155 Å². The van der Waals surface area contributed by atoms with Crippen molar-refractivity contribution in [1.29, 1.82) is 0 Å². The monoisotopic (exact) mass is 873 g/mol. The Labute approximate surface area is 362 Å². The van der Waals surface area contributed by atoms with Crippen molar-refractivity contribution in [3.8, 4) is 0 Å². The lowest BCUT2D eigenvalue weighted by atomic mass is 9.87. The molecule has 0 amide bonds. The van der Waals surface area contributed by atoms with Crippen molar-refractivity contribution in [1.82, 2.24) is 0 Å². The summed E-state index contributed by atoms with van der Waals surface area (Å²) in [7, 11) is 1.24. The Morgan fingerprint density at radius 2 is 1.35 bits per heavy atom. The molecular weight excluding hydrogens is 789 g/mol. The van der Waals surface area contributed by atoms with Crippen LogP contribution in [0.3, 0.4) is 0 Å². The smallest absolute Gasteiger partial charge is 0.462 e. The van der Waals surface area contributed by atoms with Crippen LogP contribution < -0.4 is 0 Å². The molecule has 0 aromatic heterocycles. The molecule has 4 N–H and O–H groups in total. The third-order valence-corrected chi connectivity index (χ3v) is 11.6. The van der Waals surface area contributed by atoms with E-state index in [0.717, 1.165) is 64.2 Å². The van der Waals surface area contributed by atoms with E-state index in [1.807, 2.05) is 21.1 Å². The SMILES string of the molecule is CCCCC/C=C\C/C=C\CCCCCCCC(=O)OC[C@H](COP(=O)(O)OCC[N+](C)(C)C)OC(=O)CCCCC(=O)C[C@@H]1[C@@H](/C=C/[C@@H](O)CCCCC)[C@H](O)C[C@@H]1O. The Morgan fingerprint density at radius 1 is 0.750 bits per heavy atom. The fourth-order valence-electron chi connectivity index (χ4n) is 6.92. The van der Waals surface area contributed by atoms with Gasteiger partial charge in [-0.25, -0.2) is 4.57 Å². The molecule has 0 saturated heterocycles. The lowest BCUT2D eigenvalue weighted by Gasteiger charge is -2.24. The van der Waals surface area contributed by atoms with Crippen molar-refractivity contribution >= 4 is 25.5 Å². The van der Waals surface area contributed by atoms with E-state index in [1.165, 1.54) is 19.3 Å². The van der Waals surface area contributed by atoms with Crippen molar-refractivity contribution in [2.24, 2.45) is 11.8 Å². The normalized spacial score (nSPS) is 20.6. The van der Waals surface area contributed by atoms with Gasteiger partial charge in [-0.15, -0.1) is 0 Å². The number of likely N-dealkylation sites (N-methyl/N-ethyl adjacent to an activating group) is 1. The van der Waals surface area contributed by atoms with Crippen molar-refractivity contribution in [3.05, 3.63) is 36.5 Å². The summed E-state index contributed by atoms with van der Waals surface area (Å²) in [6.07, 6.45) is 25.3. The van der Waals surface area contributed by atoms with Crippen molar-refractivity contribution in [2.75, 3.05) is 47.5 Å². The molecule has 0 spiro atoms. The van der Waals surface area contributed by atoms with Crippen LogP contribution in [0, 0.1) is 11.8 Å². The molecule has 0 aliphatic heterocycles. The summed E-state index contributed by atoms with van der Waals surface area (Å²) in [5.41, 5.74) is 0. The van der Waals surface area contributed by atoms with E-state index in [1.54, 1.807) is 12.2 Å². The van der Waals surface area contributed by atoms with Gasteiger partial charge in [0.25, 0.3) is 0 Å². The van der Waals surface area contributed by atoms with E-state index in [4.69, 9.17) is 18.5 Å². The minimum absolute atomic E-state index is 0.0388. The van der Waals surface area contributed by atoms with Crippen LogP contribution in [0.25, 0.3) is 0 Å². The van der Waals surface area contributed by atoms with Gasteiger partial charge < -0.3 is 34.2 Å². The molecule has 0 heterocycles. The van der Waals surface area contributed by atoms with Crippen molar-refractivity contribution < 1.29 is 62.2 Å². The van der Waals surface area contributed by atoms with Crippen LogP contribution in [0.4, 0.5) is 0 Å². The molecule has 1 unspecified atom stereocenters. The van der Waals surface area contributed by atoms with Crippen LogP contribution in [-0.4, -0.2) is 114 Å². The van der Waals surface area contributed by atoms with Gasteiger partial charge in [0.2, 0.25) is 0 Å². The first-order valence-corrected chi connectivity index (χ1v) is 24.4. The lowest BCUT2D eigenvalue weighted by molar-refractivity contribution is -0.870. The molecule has 1 rings (SSSR count). The quantitative estimate of drug-likeness (QED) is 0.0154. The van der Waals surface area contributed by atoms with Gasteiger partial charge >= 0.3 is 19.8 Å². The first-order chi connectivity index (χ1) is 28.6. The van der Waals surface area contributed by atoms with Crippen LogP contribution >= 0.6 is 7.82 Å². The number of aliphatic hydroxyl groups excluding tert-OH is 3. The van der Waals surface area contributed by atoms with Gasteiger partial charge in [0.05, 0.1) is 46.1 Å². The number of nitrogens with zero attached hydrogens (tertiary/aromatic N) is 1. The number of phosphoric acid groups is 1. The maximum absolute atomic E-state index is 12.9. The molecule has 13 nitrogen and oxygen atoms in total. The van der Waals surface area contributed by atoms with Crippen LogP contribution in [0.5, 0.6) is 0 Å². The number of ether oxygens (including phenoxy) is 2. The topological polar surface area (TPSA) is 186 Å². The van der Waals surface area contributed by atoms with Gasteiger partial charge in [-0.3, -0.25) is 23.4 Å². The molecular formula is C46H83NO12P+. The zero-order chi connectivity index (χ0) is 44.7.